The number of likely N-dealkylation sites (N-methyl/N-ethyl adjacent to an activating group) is 3. The Morgan fingerprint density at radius 1 is 1.15 bits per heavy atom. The molecule has 1 N–H and O–H groups in total. The molecule has 1 aliphatic heterocycles. The van der Waals surface area contributed by atoms with E-state index < -0.39 is 6.04 Å². The highest BCUT2D eigenvalue weighted by atomic mass is 16.2. The maximum Gasteiger partial charge on any atom is 0.245 e. The lowest BCUT2D eigenvalue weighted by Gasteiger charge is -2.37. The predicted molar refractivity (Wildman–Crippen MR) is 112 cm³/mol. The van der Waals surface area contributed by atoms with Crippen molar-refractivity contribution < 1.29 is 9.59 Å². The summed E-state index contributed by atoms with van der Waals surface area (Å²) >= 11 is 0. The largest absolute Gasteiger partial charge is 0.343 e. The van der Waals surface area contributed by atoms with Gasteiger partial charge in [-0.25, -0.2) is 0 Å². The number of carbonyl (C=O) groups excluding carboxylic acids is 2. The maximum absolute atomic E-state index is 13.1. The molecular weight excluding hydrogens is 340 g/mol. The number of hydrogen-bond acceptors (Lipinski definition) is 4. The van der Waals surface area contributed by atoms with E-state index in [0.29, 0.717) is 6.54 Å². The quantitative estimate of drug-likeness (QED) is 0.664. The third-order valence-electron chi connectivity index (χ3n) is 5.59. The van der Waals surface area contributed by atoms with Crippen LogP contribution in [0.25, 0.3) is 0 Å². The first-order chi connectivity index (χ1) is 12.6. The molecule has 1 heterocycles. The van der Waals surface area contributed by atoms with Gasteiger partial charge in [-0.15, -0.1) is 0 Å². The first-order valence-corrected chi connectivity index (χ1v) is 10.6. The van der Waals surface area contributed by atoms with Crippen LogP contribution in [0, 0.1) is 5.41 Å². The van der Waals surface area contributed by atoms with Crippen molar-refractivity contribution in [2.24, 2.45) is 5.41 Å². The van der Waals surface area contributed by atoms with Crippen molar-refractivity contribution in [1.29, 1.82) is 0 Å². The van der Waals surface area contributed by atoms with Crippen molar-refractivity contribution >= 4 is 11.8 Å². The first-order valence-electron chi connectivity index (χ1n) is 10.6. The standard InChI is InChI=1S/C21H42N4O2/c1-8-13-25(9-2)16-15-24(7)20(27)18(21(3,4)5)22-19(26)17-12-10-11-14-23(17)6/h17-18H,8-16H2,1-7H3,(H,22,26). The summed E-state index contributed by atoms with van der Waals surface area (Å²) in [6, 6.07) is -0.631. The van der Waals surface area contributed by atoms with Gasteiger partial charge in [0.25, 0.3) is 0 Å². The van der Waals surface area contributed by atoms with E-state index in [1.807, 2.05) is 34.9 Å². The molecule has 0 saturated carbocycles. The van der Waals surface area contributed by atoms with Crippen LogP contribution in [0.15, 0.2) is 0 Å². The van der Waals surface area contributed by atoms with Crippen molar-refractivity contribution in [3.63, 3.8) is 0 Å². The zero-order valence-electron chi connectivity index (χ0n) is 18.7. The van der Waals surface area contributed by atoms with E-state index in [1.54, 1.807) is 4.90 Å². The fraction of sp³-hybridized carbons (Fsp3) is 0.905. The summed E-state index contributed by atoms with van der Waals surface area (Å²) < 4.78 is 0. The van der Waals surface area contributed by atoms with Crippen molar-refractivity contribution in [2.45, 2.75) is 72.4 Å². The Bertz CT molecular complexity index is 475. The Labute approximate surface area is 166 Å². The molecule has 2 atom stereocenters. The number of nitrogens with zero attached hydrogens (tertiary/aromatic N) is 3. The Morgan fingerprint density at radius 3 is 2.33 bits per heavy atom. The molecule has 0 aromatic rings. The van der Waals surface area contributed by atoms with Gasteiger partial charge in [0.15, 0.2) is 0 Å². The lowest BCUT2D eigenvalue weighted by atomic mass is 9.85. The van der Waals surface area contributed by atoms with Gasteiger partial charge in [0.1, 0.15) is 6.04 Å². The Balaban J connectivity index is 2.74. The molecule has 0 bridgehead atoms. The van der Waals surface area contributed by atoms with Crippen LogP contribution in [-0.2, 0) is 9.59 Å². The van der Waals surface area contributed by atoms with E-state index in [1.165, 1.54) is 0 Å². The van der Waals surface area contributed by atoms with E-state index in [-0.39, 0.29) is 23.3 Å². The van der Waals surface area contributed by atoms with Gasteiger partial charge < -0.3 is 15.1 Å². The highest BCUT2D eigenvalue weighted by molar-refractivity contribution is 5.90. The summed E-state index contributed by atoms with van der Waals surface area (Å²) in [7, 11) is 3.84. The van der Waals surface area contributed by atoms with Crippen LogP contribution in [-0.4, -0.2) is 85.4 Å². The summed E-state index contributed by atoms with van der Waals surface area (Å²) in [5.74, 6) is -0.0121. The summed E-state index contributed by atoms with van der Waals surface area (Å²) in [5.41, 5.74) is -0.331. The molecule has 158 valence electrons. The number of nitrogens with one attached hydrogen (secondary N) is 1. The third kappa shape index (κ3) is 7.41. The molecule has 0 aromatic heterocycles. The molecule has 1 aliphatic rings. The summed E-state index contributed by atoms with van der Waals surface area (Å²) in [5, 5.41) is 3.08. The van der Waals surface area contributed by atoms with Crippen molar-refractivity contribution in [3.05, 3.63) is 0 Å². The highest BCUT2D eigenvalue weighted by Gasteiger charge is 2.37. The highest BCUT2D eigenvalue weighted by Crippen LogP contribution is 2.22. The molecule has 0 aromatic carbocycles. The molecule has 1 saturated heterocycles. The number of piperidine rings is 1. The third-order valence-corrected chi connectivity index (χ3v) is 5.59. The van der Waals surface area contributed by atoms with E-state index >= 15 is 0 Å². The van der Waals surface area contributed by atoms with E-state index in [4.69, 9.17) is 0 Å². The minimum atomic E-state index is -0.508. The van der Waals surface area contributed by atoms with Gasteiger partial charge in [-0.05, 0) is 51.4 Å². The Kier molecular flexibility index (Phi) is 9.74. The molecule has 1 rings (SSSR count). The second-order valence-electron chi connectivity index (χ2n) is 8.99. The smallest absolute Gasteiger partial charge is 0.245 e. The van der Waals surface area contributed by atoms with Gasteiger partial charge >= 0.3 is 0 Å². The maximum atomic E-state index is 13.1. The van der Waals surface area contributed by atoms with Gasteiger partial charge in [0.05, 0.1) is 6.04 Å². The molecular formula is C21H42N4O2. The van der Waals surface area contributed by atoms with E-state index in [2.05, 4.69) is 29.0 Å². The Hall–Kier alpha value is -1.14. The number of rotatable bonds is 9. The zero-order chi connectivity index (χ0) is 20.6. The number of likely N-dealkylation sites (tertiary alicyclic amines) is 1. The van der Waals surface area contributed by atoms with Crippen molar-refractivity contribution in [2.75, 3.05) is 46.8 Å². The van der Waals surface area contributed by atoms with Crippen molar-refractivity contribution in [1.82, 2.24) is 20.0 Å². The van der Waals surface area contributed by atoms with Crippen LogP contribution >= 0.6 is 0 Å². The number of carbonyl (C=O) groups is 2. The van der Waals surface area contributed by atoms with Gasteiger partial charge in [0, 0.05) is 20.1 Å². The average molecular weight is 383 g/mol. The summed E-state index contributed by atoms with van der Waals surface area (Å²) in [6.45, 7) is 14.9. The van der Waals surface area contributed by atoms with Gasteiger partial charge in [-0.1, -0.05) is 41.0 Å². The summed E-state index contributed by atoms with van der Waals surface area (Å²) in [6.07, 6.45) is 4.18. The molecule has 0 radical (unpaired) electrons. The Morgan fingerprint density at radius 2 is 1.81 bits per heavy atom. The molecule has 0 spiro atoms. The van der Waals surface area contributed by atoms with Crippen LogP contribution in [0.3, 0.4) is 0 Å². The SMILES string of the molecule is CCCN(CC)CCN(C)C(=O)C(NC(=O)C1CCCCN1C)C(C)(C)C. The second-order valence-corrected chi connectivity index (χ2v) is 8.99. The normalized spacial score (nSPS) is 19.8. The van der Waals surface area contributed by atoms with E-state index in [0.717, 1.165) is 51.9 Å². The topological polar surface area (TPSA) is 55.9 Å². The predicted octanol–water partition coefficient (Wildman–Crippen LogP) is 2.19. The molecule has 2 amide bonds. The molecule has 6 nitrogen and oxygen atoms in total. The molecule has 0 aliphatic carbocycles. The number of amides is 2. The van der Waals surface area contributed by atoms with Crippen LogP contribution in [0.2, 0.25) is 0 Å². The fourth-order valence-corrected chi connectivity index (χ4v) is 3.66. The lowest BCUT2D eigenvalue weighted by Crippen LogP contribution is -2.58. The fourth-order valence-electron chi connectivity index (χ4n) is 3.66. The van der Waals surface area contributed by atoms with Crippen LogP contribution in [0.5, 0.6) is 0 Å². The molecule has 27 heavy (non-hydrogen) atoms. The van der Waals surface area contributed by atoms with Crippen LogP contribution in [0.4, 0.5) is 0 Å². The van der Waals surface area contributed by atoms with Crippen LogP contribution in [0.1, 0.15) is 60.3 Å². The molecule has 6 heteroatoms. The first kappa shape index (κ1) is 23.9. The number of hydrogen-bond donors (Lipinski definition) is 1. The van der Waals surface area contributed by atoms with Gasteiger partial charge in [-0.2, -0.15) is 0 Å². The molecule has 1 fully saturated rings. The second kappa shape index (κ2) is 11.0. The molecule has 2 unspecified atom stereocenters. The summed E-state index contributed by atoms with van der Waals surface area (Å²) in [4.78, 5) is 32.2. The van der Waals surface area contributed by atoms with Crippen LogP contribution < -0.4 is 5.32 Å². The lowest BCUT2D eigenvalue weighted by molar-refractivity contribution is -0.140. The van der Waals surface area contributed by atoms with Crippen molar-refractivity contribution in [3.8, 4) is 0 Å². The monoisotopic (exact) mass is 382 g/mol. The average Bonchev–Trinajstić information content (AvgIpc) is 2.61. The van der Waals surface area contributed by atoms with Gasteiger partial charge in [0.2, 0.25) is 11.8 Å². The minimum absolute atomic E-state index is 0.00173. The van der Waals surface area contributed by atoms with E-state index in [9.17, 15) is 9.59 Å². The zero-order valence-corrected chi connectivity index (χ0v) is 18.7. The van der Waals surface area contributed by atoms with Gasteiger partial charge in [-0.3, -0.25) is 14.5 Å². The minimum Gasteiger partial charge on any atom is -0.343 e.